The summed E-state index contributed by atoms with van der Waals surface area (Å²) in [6.07, 6.45) is 9.49. The second-order valence-corrected chi connectivity index (χ2v) is 7.82. The zero-order valence-electron chi connectivity index (χ0n) is 15.8. The fourth-order valence-electron chi connectivity index (χ4n) is 4.63. The minimum atomic E-state index is 0.0263. The van der Waals surface area contributed by atoms with E-state index in [0.717, 1.165) is 24.9 Å². The van der Waals surface area contributed by atoms with Crippen LogP contribution in [-0.4, -0.2) is 28.9 Å². The summed E-state index contributed by atoms with van der Waals surface area (Å²) in [6, 6.07) is 22.2. The third-order valence-corrected chi connectivity index (χ3v) is 5.91. The first-order valence-electron chi connectivity index (χ1n) is 10.1. The Balaban J connectivity index is 1.35. The van der Waals surface area contributed by atoms with Crippen molar-refractivity contribution >= 4 is 12.0 Å². The Morgan fingerprint density at radius 3 is 2.26 bits per heavy atom. The van der Waals surface area contributed by atoms with Crippen LogP contribution in [0, 0.1) is 0 Å². The molecule has 2 aromatic carbocycles. The molecular weight excluding hydrogens is 332 g/mol. The van der Waals surface area contributed by atoms with Crippen molar-refractivity contribution in [3.63, 3.8) is 0 Å². The first kappa shape index (κ1) is 18.0. The van der Waals surface area contributed by atoms with Crippen LogP contribution in [0.4, 0.5) is 0 Å². The van der Waals surface area contributed by atoms with Crippen LogP contribution in [0.2, 0.25) is 0 Å². The zero-order chi connectivity index (χ0) is 18.5. The lowest BCUT2D eigenvalue weighted by Gasteiger charge is -2.49. The van der Waals surface area contributed by atoms with Crippen molar-refractivity contribution < 1.29 is 4.79 Å². The largest absolute Gasteiger partial charge is 0.350 e. The van der Waals surface area contributed by atoms with E-state index in [1.54, 1.807) is 6.08 Å². The van der Waals surface area contributed by atoms with E-state index in [1.807, 2.05) is 36.4 Å². The third-order valence-electron chi connectivity index (χ3n) is 5.91. The summed E-state index contributed by atoms with van der Waals surface area (Å²) in [7, 11) is 0. The van der Waals surface area contributed by atoms with Gasteiger partial charge in [0.2, 0.25) is 5.91 Å². The molecule has 2 fully saturated rings. The summed E-state index contributed by atoms with van der Waals surface area (Å²) >= 11 is 0. The average Bonchev–Trinajstić information content (AvgIpc) is 2.69. The van der Waals surface area contributed by atoms with Crippen molar-refractivity contribution in [2.24, 2.45) is 0 Å². The molecule has 0 saturated carbocycles. The molecule has 1 amide bonds. The van der Waals surface area contributed by atoms with Gasteiger partial charge in [-0.2, -0.15) is 0 Å². The Hall–Kier alpha value is -2.39. The Morgan fingerprint density at radius 1 is 0.963 bits per heavy atom. The van der Waals surface area contributed by atoms with Gasteiger partial charge in [-0.05, 0) is 42.9 Å². The number of rotatable bonds is 5. The Morgan fingerprint density at radius 2 is 1.59 bits per heavy atom. The third kappa shape index (κ3) is 4.67. The lowest BCUT2D eigenvalue weighted by atomic mass is 9.81. The fraction of sp³-hybridized carbons (Fsp3) is 0.375. The second kappa shape index (κ2) is 8.53. The van der Waals surface area contributed by atoms with Gasteiger partial charge in [0, 0.05) is 30.7 Å². The maximum Gasteiger partial charge on any atom is 0.244 e. The molecule has 2 aliphatic rings. The van der Waals surface area contributed by atoms with Crippen LogP contribution < -0.4 is 5.32 Å². The van der Waals surface area contributed by atoms with Gasteiger partial charge in [0.15, 0.2) is 0 Å². The number of carbonyl (C=O) groups is 1. The Kier molecular flexibility index (Phi) is 5.69. The molecule has 2 aliphatic heterocycles. The van der Waals surface area contributed by atoms with Gasteiger partial charge < -0.3 is 5.32 Å². The lowest BCUT2D eigenvalue weighted by molar-refractivity contribution is -0.118. The zero-order valence-corrected chi connectivity index (χ0v) is 15.8. The maximum absolute atomic E-state index is 12.4. The summed E-state index contributed by atoms with van der Waals surface area (Å²) in [5, 5.41) is 3.25. The fourth-order valence-corrected chi connectivity index (χ4v) is 4.63. The number of nitrogens with one attached hydrogen (secondary N) is 1. The van der Waals surface area contributed by atoms with Crippen LogP contribution >= 0.6 is 0 Å². The van der Waals surface area contributed by atoms with Crippen LogP contribution in [0.3, 0.4) is 0 Å². The molecule has 4 rings (SSSR count). The normalized spacial score (nSPS) is 25.4. The van der Waals surface area contributed by atoms with Crippen LogP contribution in [0.1, 0.15) is 43.2 Å². The molecule has 2 atom stereocenters. The van der Waals surface area contributed by atoms with E-state index in [1.165, 1.54) is 24.8 Å². The van der Waals surface area contributed by atoms with E-state index in [-0.39, 0.29) is 5.91 Å². The molecule has 2 aromatic rings. The summed E-state index contributed by atoms with van der Waals surface area (Å²) in [4.78, 5) is 15.0. The van der Waals surface area contributed by atoms with E-state index < -0.39 is 0 Å². The van der Waals surface area contributed by atoms with Crippen molar-refractivity contribution in [3.8, 4) is 0 Å². The lowest BCUT2D eigenvalue weighted by Crippen LogP contribution is -2.56. The molecule has 2 saturated heterocycles. The first-order chi connectivity index (χ1) is 13.3. The van der Waals surface area contributed by atoms with E-state index in [0.29, 0.717) is 18.1 Å². The van der Waals surface area contributed by atoms with Crippen molar-refractivity contribution in [1.29, 1.82) is 0 Å². The van der Waals surface area contributed by atoms with Crippen LogP contribution in [0.25, 0.3) is 6.08 Å². The van der Waals surface area contributed by atoms with E-state index in [9.17, 15) is 4.79 Å². The van der Waals surface area contributed by atoms with Gasteiger partial charge >= 0.3 is 0 Å². The predicted octanol–water partition coefficient (Wildman–Crippen LogP) is 4.40. The van der Waals surface area contributed by atoms with Gasteiger partial charge in [0.05, 0.1) is 0 Å². The number of amides is 1. The van der Waals surface area contributed by atoms with Gasteiger partial charge in [-0.15, -0.1) is 0 Å². The predicted molar refractivity (Wildman–Crippen MR) is 110 cm³/mol. The second-order valence-electron chi connectivity index (χ2n) is 7.82. The standard InChI is InChI=1S/C24H28N2O/c27-24(15-14-19-8-3-1-4-9-19)25-21-16-22-12-7-13-23(17-21)26(22)18-20-10-5-2-6-11-20/h1-6,8-11,14-15,21-23H,7,12-13,16-18H2,(H,25,27). The van der Waals surface area contributed by atoms with Gasteiger partial charge in [0.1, 0.15) is 0 Å². The molecule has 3 heteroatoms. The smallest absolute Gasteiger partial charge is 0.244 e. The quantitative estimate of drug-likeness (QED) is 0.802. The molecule has 140 valence electrons. The first-order valence-corrected chi connectivity index (χ1v) is 10.1. The molecule has 2 unspecified atom stereocenters. The van der Waals surface area contributed by atoms with E-state index >= 15 is 0 Å². The highest BCUT2D eigenvalue weighted by Gasteiger charge is 2.38. The minimum Gasteiger partial charge on any atom is -0.350 e. The van der Waals surface area contributed by atoms with Gasteiger partial charge in [-0.25, -0.2) is 0 Å². The van der Waals surface area contributed by atoms with Crippen LogP contribution in [0.15, 0.2) is 66.7 Å². The van der Waals surface area contributed by atoms with Crippen LogP contribution in [-0.2, 0) is 11.3 Å². The molecule has 3 nitrogen and oxygen atoms in total. The van der Waals surface area contributed by atoms with Gasteiger partial charge in [-0.3, -0.25) is 9.69 Å². The van der Waals surface area contributed by atoms with Crippen molar-refractivity contribution in [2.45, 2.75) is 56.8 Å². The summed E-state index contributed by atoms with van der Waals surface area (Å²) in [5.74, 6) is 0.0263. The molecule has 1 N–H and O–H groups in total. The maximum atomic E-state index is 12.4. The molecule has 2 heterocycles. The van der Waals surface area contributed by atoms with Gasteiger partial charge in [-0.1, -0.05) is 67.1 Å². The van der Waals surface area contributed by atoms with Crippen molar-refractivity contribution in [3.05, 3.63) is 77.9 Å². The molecule has 0 aromatic heterocycles. The van der Waals surface area contributed by atoms with Gasteiger partial charge in [0.25, 0.3) is 0 Å². The molecular formula is C24H28N2O. The minimum absolute atomic E-state index is 0.0263. The number of hydrogen-bond donors (Lipinski definition) is 1. The monoisotopic (exact) mass is 360 g/mol. The number of nitrogens with zero attached hydrogens (tertiary/aromatic N) is 1. The summed E-state index contributed by atoms with van der Waals surface area (Å²) < 4.78 is 0. The van der Waals surface area contributed by atoms with E-state index in [4.69, 9.17) is 0 Å². The van der Waals surface area contributed by atoms with Crippen molar-refractivity contribution in [1.82, 2.24) is 10.2 Å². The SMILES string of the molecule is O=C(C=Cc1ccccc1)NC1CC2CCCC(C1)N2Cc1ccccc1. The molecule has 0 spiro atoms. The topological polar surface area (TPSA) is 32.3 Å². The molecule has 27 heavy (non-hydrogen) atoms. The number of piperidine rings is 2. The highest BCUT2D eigenvalue weighted by Crippen LogP contribution is 2.35. The number of hydrogen-bond acceptors (Lipinski definition) is 2. The average molecular weight is 361 g/mol. The highest BCUT2D eigenvalue weighted by atomic mass is 16.1. The highest BCUT2D eigenvalue weighted by molar-refractivity contribution is 5.91. The molecule has 0 radical (unpaired) electrons. The number of benzene rings is 2. The summed E-state index contributed by atoms with van der Waals surface area (Å²) in [5.41, 5.74) is 2.45. The number of carbonyl (C=O) groups excluding carboxylic acids is 1. The Labute approximate surface area is 162 Å². The molecule has 0 aliphatic carbocycles. The van der Waals surface area contributed by atoms with E-state index in [2.05, 4.69) is 40.5 Å². The Bertz CT molecular complexity index is 757. The molecule has 2 bridgehead atoms. The number of fused-ring (bicyclic) bond motifs is 2. The van der Waals surface area contributed by atoms with Crippen molar-refractivity contribution in [2.75, 3.05) is 0 Å². The summed E-state index contributed by atoms with van der Waals surface area (Å²) in [6.45, 7) is 1.03. The van der Waals surface area contributed by atoms with Crippen LogP contribution in [0.5, 0.6) is 0 Å².